The van der Waals surface area contributed by atoms with E-state index in [-0.39, 0.29) is 11.7 Å². The zero-order valence-corrected chi connectivity index (χ0v) is 14.0. The highest BCUT2D eigenvalue weighted by atomic mass is 32.2. The summed E-state index contributed by atoms with van der Waals surface area (Å²) in [5, 5.41) is 2.70. The highest BCUT2D eigenvalue weighted by Crippen LogP contribution is 2.25. The molecule has 0 saturated heterocycles. The molecule has 0 spiro atoms. The van der Waals surface area contributed by atoms with Crippen LogP contribution in [0.1, 0.15) is 21.5 Å². The quantitative estimate of drug-likeness (QED) is 0.887. The minimum Gasteiger partial charge on any atom is -0.491 e. The molecule has 6 nitrogen and oxygen atoms in total. The van der Waals surface area contributed by atoms with E-state index in [4.69, 9.17) is 4.74 Å². The number of ether oxygens (including phenoxy) is 1. The second kappa shape index (κ2) is 6.52. The fourth-order valence-corrected chi connectivity index (χ4v) is 3.73. The predicted octanol–water partition coefficient (Wildman–Crippen LogP) is 2.06. The van der Waals surface area contributed by atoms with Crippen molar-refractivity contribution in [2.24, 2.45) is 0 Å². The Labute approximate surface area is 140 Å². The second-order valence-corrected chi connectivity index (χ2v) is 7.39. The van der Waals surface area contributed by atoms with E-state index in [0.29, 0.717) is 35.7 Å². The standard InChI is InChI=1S/C17H18N2O4S/c1-12-3-2-4-13(9-12)11-24(21,22)19-14-5-6-16-15(10-14)17(20)18-7-8-23-16/h2-6,9-10,19H,7-8,11H2,1H3,(H,18,20). The lowest BCUT2D eigenvalue weighted by Crippen LogP contribution is -2.24. The van der Waals surface area contributed by atoms with Crippen LogP contribution in [0.4, 0.5) is 5.69 Å². The summed E-state index contributed by atoms with van der Waals surface area (Å²) >= 11 is 0. The van der Waals surface area contributed by atoms with E-state index >= 15 is 0 Å². The monoisotopic (exact) mass is 346 g/mol. The lowest BCUT2D eigenvalue weighted by molar-refractivity contribution is 0.0957. The molecule has 126 valence electrons. The number of nitrogens with one attached hydrogen (secondary N) is 2. The van der Waals surface area contributed by atoms with E-state index < -0.39 is 10.0 Å². The van der Waals surface area contributed by atoms with Crippen LogP contribution in [0, 0.1) is 6.92 Å². The summed E-state index contributed by atoms with van der Waals surface area (Å²) in [6, 6.07) is 12.0. The number of amides is 1. The molecule has 2 N–H and O–H groups in total. The van der Waals surface area contributed by atoms with Crippen molar-refractivity contribution in [1.82, 2.24) is 5.32 Å². The molecule has 0 atom stereocenters. The molecule has 2 aromatic carbocycles. The summed E-state index contributed by atoms with van der Waals surface area (Å²) in [5.74, 6) is 0.0444. The molecule has 1 amide bonds. The highest BCUT2D eigenvalue weighted by molar-refractivity contribution is 7.91. The summed E-state index contributed by atoms with van der Waals surface area (Å²) in [6.45, 7) is 2.72. The Hall–Kier alpha value is -2.54. The van der Waals surface area contributed by atoms with E-state index in [0.717, 1.165) is 5.56 Å². The Balaban J connectivity index is 1.81. The largest absolute Gasteiger partial charge is 0.491 e. The first kappa shape index (κ1) is 16.3. The van der Waals surface area contributed by atoms with Crippen molar-refractivity contribution in [3.05, 3.63) is 59.2 Å². The van der Waals surface area contributed by atoms with Gasteiger partial charge >= 0.3 is 0 Å². The average molecular weight is 346 g/mol. The number of hydrogen-bond donors (Lipinski definition) is 2. The van der Waals surface area contributed by atoms with Crippen LogP contribution in [-0.4, -0.2) is 27.5 Å². The van der Waals surface area contributed by atoms with Gasteiger partial charge in [-0.25, -0.2) is 8.42 Å². The third kappa shape index (κ3) is 3.86. The summed E-state index contributed by atoms with van der Waals surface area (Å²) in [5.41, 5.74) is 2.37. The maximum Gasteiger partial charge on any atom is 0.255 e. The van der Waals surface area contributed by atoms with Gasteiger partial charge in [0.15, 0.2) is 0 Å². The maximum absolute atomic E-state index is 12.4. The molecule has 0 saturated carbocycles. The Bertz CT molecular complexity index is 878. The van der Waals surface area contributed by atoms with Gasteiger partial charge in [0.1, 0.15) is 12.4 Å². The number of carbonyl (C=O) groups excluding carboxylic acids is 1. The molecule has 24 heavy (non-hydrogen) atoms. The van der Waals surface area contributed by atoms with Gasteiger partial charge in [-0.05, 0) is 30.7 Å². The minimum absolute atomic E-state index is 0.130. The first-order chi connectivity index (χ1) is 11.4. The summed E-state index contributed by atoms with van der Waals surface area (Å²) in [6.07, 6.45) is 0. The van der Waals surface area contributed by atoms with Gasteiger partial charge in [0.2, 0.25) is 10.0 Å². The Kier molecular flexibility index (Phi) is 4.44. The van der Waals surface area contributed by atoms with Crippen molar-refractivity contribution in [3.63, 3.8) is 0 Å². The predicted molar refractivity (Wildman–Crippen MR) is 91.7 cm³/mol. The topological polar surface area (TPSA) is 84.5 Å². The number of rotatable bonds is 4. The molecule has 1 aliphatic rings. The van der Waals surface area contributed by atoms with Crippen LogP contribution in [-0.2, 0) is 15.8 Å². The van der Waals surface area contributed by atoms with E-state index in [2.05, 4.69) is 10.0 Å². The summed E-state index contributed by atoms with van der Waals surface area (Å²) in [4.78, 5) is 12.0. The van der Waals surface area contributed by atoms with Crippen LogP contribution in [0.3, 0.4) is 0 Å². The molecule has 1 aliphatic heterocycles. The number of carbonyl (C=O) groups is 1. The summed E-state index contributed by atoms with van der Waals surface area (Å²) in [7, 11) is -3.58. The van der Waals surface area contributed by atoms with Crippen LogP contribution in [0.15, 0.2) is 42.5 Å². The molecule has 0 radical (unpaired) electrons. The van der Waals surface area contributed by atoms with Crippen LogP contribution in [0.5, 0.6) is 5.75 Å². The first-order valence-corrected chi connectivity index (χ1v) is 9.19. The number of fused-ring (bicyclic) bond motifs is 1. The third-order valence-corrected chi connectivity index (χ3v) is 4.84. The van der Waals surface area contributed by atoms with E-state index in [1.165, 1.54) is 6.07 Å². The van der Waals surface area contributed by atoms with Gasteiger partial charge < -0.3 is 10.1 Å². The van der Waals surface area contributed by atoms with Crippen LogP contribution >= 0.6 is 0 Å². The lowest BCUT2D eigenvalue weighted by Gasteiger charge is -2.11. The number of sulfonamides is 1. The average Bonchev–Trinajstić information content (AvgIpc) is 2.68. The van der Waals surface area contributed by atoms with Crippen molar-refractivity contribution >= 4 is 21.6 Å². The number of hydrogen-bond acceptors (Lipinski definition) is 4. The molecular weight excluding hydrogens is 328 g/mol. The molecule has 1 heterocycles. The highest BCUT2D eigenvalue weighted by Gasteiger charge is 2.18. The van der Waals surface area contributed by atoms with Crippen molar-refractivity contribution in [2.75, 3.05) is 17.9 Å². The van der Waals surface area contributed by atoms with E-state index in [1.54, 1.807) is 18.2 Å². The molecular formula is C17H18N2O4S. The third-order valence-electron chi connectivity index (χ3n) is 3.58. The van der Waals surface area contributed by atoms with Gasteiger partial charge in [0.05, 0.1) is 17.9 Å². The van der Waals surface area contributed by atoms with Crippen LogP contribution < -0.4 is 14.8 Å². The van der Waals surface area contributed by atoms with E-state index in [1.807, 2.05) is 25.1 Å². The SMILES string of the molecule is Cc1cccc(CS(=O)(=O)Nc2ccc3c(c2)C(=O)NCCO3)c1. The molecule has 7 heteroatoms. The number of anilines is 1. The van der Waals surface area contributed by atoms with Crippen molar-refractivity contribution < 1.29 is 17.9 Å². The Morgan fingerprint density at radius 1 is 1.21 bits per heavy atom. The molecule has 2 aromatic rings. The number of aryl methyl sites for hydroxylation is 1. The van der Waals surface area contributed by atoms with Crippen LogP contribution in [0.2, 0.25) is 0 Å². The smallest absolute Gasteiger partial charge is 0.255 e. The molecule has 0 bridgehead atoms. The molecule has 0 aromatic heterocycles. The molecule has 0 aliphatic carbocycles. The fraction of sp³-hybridized carbons (Fsp3) is 0.235. The van der Waals surface area contributed by atoms with Gasteiger partial charge in [-0.3, -0.25) is 9.52 Å². The lowest BCUT2D eigenvalue weighted by atomic mass is 10.1. The second-order valence-electron chi connectivity index (χ2n) is 5.67. The van der Waals surface area contributed by atoms with E-state index in [9.17, 15) is 13.2 Å². The van der Waals surface area contributed by atoms with Crippen molar-refractivity contribution in [3.8, 4) is 5.75 Å². The summed E-state index contributed by atoms with van der Waals surface area (Å²) < 4.78 is 32.7. The minimum atomic E-state index is -3.58. The van der Waals surface area contributed by atoms with Gasteiger partial charge in [-0.15, -0.1) is 0 Å². The molecule has 3 rings (SSSR count). The van der Waals surface area contributed by atoms with Gasteiger partial charge in [-0.1, -0.05) is 29.8 Å². The Morgan fingerprint density at radius 2 is 2.04 bits per heavy atom. The molecule has 0 unspecified atom stereocenters. The van der Waals surface area contributed by atoms with Gasteiger partial charge in [0.25, 0.3) is 5.91 Å². The van der Waals surface area contributed by atoms with Gasteiger partial charge in [0, 0.05) is 5.69 Å². The fourth-order valence-electron chi connectivity index (χ4n) is 2.55. The normalized spacial score (nSPS) is 14.1. The van der Waals surface area contributed by atoms with Gasteiger partial charge in [-0.2, -0.15) is 0 Å². The maximum atomic E-state index is 12.4. The zero-order valence-electron chi connectivity index (χ0n) is 13.2. The zero-order chi connectivity index (χ0) is 17.2. The molecule has 0 fully saturated rings. The van der Waals surface area contributed by atoms with Crippen LogP contribution in [0.25, 0.3) is 0 Å². The Morgan fingerprint density at radius 3 is 2.83 bits per heavy atom. The van der Waals surface area contributed by atoms with Crippen molar-refractivity contribution in [2.45, 2.75) is 12.7 Å². The first-order valence-electron chi connectivity index (χ1n) is 7.54. The van der Waals surface area contributed by atoms with Crippen molar-refractivity contribution in [1.29, 1.82) is 0 Å². The number of benzene rings is 2.